The quantitative estimate of drug-likeness (QED) is 0.395. The Kier molecular flexibility index (Phi) is 6.40. The highest BCUT2D eigenvalue weighted by atomic mass is 32.2. The first-order valence-corrected chi connectivity index (χ1v) is 10.1. The molecule has 0 saturated heterocycles. The van der Waals surface area contributed by atoms with Gasteiger partial charge < -0.3 is 10.6 Å². The lowest BCUT2D eigenvalue weighted by Crippen LogP contribution is -2.15. The van der Waals surface area contributed by atoms with Gasteiger partial charge in [0.1, 0.15) is 17.2 Å². The van der Waals surface area contributed by atoms with Gasteiger partial charge in [0.05, 0.1) is 0 Å². The third kappa shape index (κ3) is 5.56. The largest absolute Gasteiger partial charge is 0.433 e. The van der Waals surface area contributed by atoms with Crippen LogP contribution >= 0.6 is 11.8 Å². The monoisotopic (exact) mass is 438 g/mol. The third-order valence-electron chi connectivity index (χ3n) is 3.68. The minimum Gasteiger partial charge on any atom is -0.352 e. The van der Waals surface area contributed by atoms with E-state index in [1.54, 1.807) is 6.07 Å². The van der Waals surface area contributed by atoms with Crippen LogP contribution in [-0.2, 0) is 6.18 Å². The topological polar surface area (TPSA) is 75.6 Å². The number of nitrogens with zero attached hydrogens (tertiary/aromatic N) is 4. The Labute approximate surface area is 174 Å². The van der Waals surface area contributed by atoms with Crippen LogP contribution < -0.4 is 10.6 Å². The lowest BCUT2D eigenvalue weighted by atomic mass is 10.3. The van der Waals surface area contributed by atoms with Gasteiger partial charge in [0.15, 0.2) is 5.82 Å². The van der Waals surface area contributed by atoms with Crippen molar-refractivity contribution in [1.82, 2.24) is 19.9 Å². The van der Waals surface area contributed by atoms with Gasteiger partial charge in [-0.15, -0.1) is 11.8 Å². The number of nitrogens with one attached hydrogen (secondary N) is 2. The number of thioether (sulfide) groups is 1. The molecule has 1 aromatic carbocycles. The van der Waals surface area contributed by atoms with Crippen LogP contribution in [-0.4, -0.2) is 32.2 Å². The second kappa shape index (κ2) is 8.82. The molecule has 0 unspecified atom stereocenters. The van der Waals surface area contributed by atoms with Crippen LogP contribution in [0.15, 0.2) is 41.3 Å². The SMILES string of the molecule is CSc1cc(F)cc(Nc2nc(NC(C)C)nc(-c3cccc(C(F)(F)F)n3)n2)c1. The van der Waals surface area contributed by atoms with Crippen molar-refractivity contribution in [3.63, 3.8) is 0 Å². The fourth-order valence-electron chi connectivity index (χ4n) is 2.47. The summed E-state index contributed by atoms with van der Waals surface area (Å²) in [5.74, 6) is -0.305. The standard InChI is InChI=1S/C19H18F4N6S/c1-10(2)24-17-27-16(14-5-4-6-15(26-14)19(21,22)23)28-18(29-17)25-12-7-11(20)8-13(9-12)30-3/h4-10H,1-3H3,(H2,24,25,27,28,29). The summed E-state index contributed by atoms with van der Waals surface area (Å²) in [5, 5.41) is 5.87. The third-order valence-corrected chi connectivity index (χ3v) is 4.39. The number of aromatic nitrogens is 4. The molecule has 0 atom stereocenters. The molecule has 11 heteroatoms. The van der Waals surface area contributed by atoms with Crippen LogP contribution in [0.5, 0.6) is 0 Å². The molecule has 2 N–H and O–H groups in total. The van der Waals surface area contributed by atoms with Crippen LogP contribution in [0.1, 0.15) is 19.5 Å². The molecule has 0 spiro atoms. The summed E-state index contributed by atoms with van der Waals surface area (Å²) in [6.45, 7) is 3.72. The molecule has 2 aromatic heterocycles. The van der Waals surface area contributed by atoms with E-state index in [2.05, 4.69) is 30.6 Å². The highest BCUT2D eigenvalue weighted by molar-refractivity contribution is 7.98. The Hall–Kier alpha value is -2.95. The summed E-state index contributed by atoms with van der Waals surface area (Å²) in [6, 6.07) is 7.79. The molecule has 0 aliphatic rings. The smallest absolute Gasteiger partial charge is 0.352 e. The van der Waals surface area contributed by atoms with Gasteiger partial charge in [-0.25, -0.2) is 9.37 Å². The molecular formula is C19H18F4N6S. The van der Waals surface area contributed by atoms with E-state index in [1.807, 2.05) is 20.1 Å². The van der Waals surface area contributed by atoms with E-state index in [-0.39, 0.29) is 29.5 Å². The molecule has 3 rings (SSSR count). The maximum atomic E-state index is 13.8. The summed E-state index contributed by atoms with van der Waals surface area (Å²) in [6.07, 6.45) is -2.79. The number of anilines is 3. The zero-order valence-corrected chi connectivity index (χ0v) is 17.1. The lowest BCUT2D eigenvalue weighted by Gasteiger charge is -2.13. The van der Waals surface area contributed by atoms with Crippen molar-refractivity contribution in [1.29, 1.82) is 0 Å². The fraction of sp³-hybridized carbons (Fsp3) is 0.263. The summed E-state index contributed by atoms with van der Waals surface area (Å²) < 4.78 is 52.9. The highest BCUT2D eigenvalue weighted by Crippen LogP contribution is 2.29. The Morgan fingerprint density at radius 2 is 1.70 bits per heavy atom. The van der Waals surface area contributed by atoms with Crippen molar-refractivity contribution in [3.8, 4) is 11.5 Å². The second-order valence-corrected chi connectivity index (χ2v) is 7.40. The van der Waals surface area contributed by atoms with Crippen molar-refractivity contribution in [2.75, 3.05) is 16.9 Å². The maximum Gasteiger partial charge on any atom is 0.433 e. The van der Waals surface area contributed by atoms with Gasteiger partial charge in [-0.1, -0.05) is 6.07 Å². The van der Waals surface area contributed by atoms with Gasteiger partial charge in [0.25, 0.3) is 0 Å². The number of benzene rings is 1. The molecule has 0 aliphatic carbocycles. The summed E-state index contributed by atoms with van der Waals surface area (Å²) in [4.78, 5) is 16.9. The first-order chi connectivity index (χ1) is 14.1. The van der Waals surface area contributed by atoms with Gasteiger partial charge in [0, 0.05) is 16.6 Å². The molecule has 2 heterocycles. The van der Waals surface area contributed by atoms with Gasteiger partial charge in [-0.05, 0) is 50.4 Å². The van der Waals surface area contributed by atoms with Gasteiger partial charge in [-0.2, -0.15) is 28.1 Å². The molecule has 0 bridgehead atoms. The molecule has 0 fully saturated rings. The van der Waals surface area contributed by atoms with E-state index >= 15 is 0 Å². The average Bonchev–Trinajstić information content (AvgIpc) is 2.66. The van der Waals surface area contributed by atoms with Crippen LogP contribution in [0.3, 0.4) is 0 Å². The van der Waals surface area contributed by atoms with E-state index in [0.717, 1.165) is 6.07 Å². The van der Waals surface area contributed by atoms with Crippen LogP contribution in [0.25, 0.3) is 11.5 Å². The number of alkyl halides is 3. The predicted octanol–water partition coefficient (Wildman–Crippen LogP) is 5.38. The lowest BCUT2D eigenvalue weighted by molar-refractivity contribution is -0.141. The molecule has 0 amide bonds. The van der Waals surface area contributed by atoms with Gasteiger partial charge in [0.2, 0.25) is 11.9 Å². The number of hydrogen-bond donors (Lipinski definition) is 2. The Bertz CT molecular complexity index is 1040. The van der Waals surface area contributed by atoms with Gasteiger partial charge >= 0.3 is 6.18 Å². The van der Waals surface area contributed by atoms with Crippen molar-refractivity contribution in [2.45, 2.75) is 31.0 Å². The van der Waals surface area contributed by atoms with Crippen molar-refractivity contribution >= 4 is 29.3 Å². The highest BCUT2D eigenvalue weighted by Gasteiger charge is 2.32. The molecule has 6 nitrogen and oxygen atoms in total. The van der Waals surface area contributed by atoms with Gasteiger partial charge in [-0.3, -0.25) is 0 Å². The minimum atomic E-state index is -4.60. The van der Waals surface area contributed by atoms with Crippen molar-refractivity contribution in [2.24, 2.45) is 0 Å². The Morgan fingerprint density at radius 1 is 0.967 bits per heavy atom. The van der Waals surface area contributed by atoms with E-state index in [9.17, 15) is 17.6 Å². The summed E-state index contributed by atoms with van der Waals surface area (Å²) in [5.41, 5.74) is -0.724. The number of rotatable bonds is 6. The average molecular weight is 438 g/mol. The molecule has 158 valence electrons. The van der Waals surface area contributed by atoms with E-state index in [4.69, 9.17) is 0 Å². The number of halogens is 4. The van der Waals surface area contributed by atoms with E-state index in [0.29, 0.717) is 10.6 Å². The van der Waals surface area contributed by atoms with E-state index in [1.165, 1.54) is 36.0 Å². The van der Waals surface area contributed by atoms with Crippen molar-refractivity contribution < 1.29 is 17.6 Å². The molecule has 0 radical (unpaired) electrons. The van der Waals surface area contributed by atoms with Crippen LogP contribution in [0, 0.1) is 5.82 Å². The molecule has 30 heavy (non-hydrogen) atoms. The Balaban J connectivity index is 2.04. The minimum absolute atomic E-state index is 0.0417. The zero-order valence-electron chi connectivity index (χ0n) is 16.3. The Morgan fingerprint density at radius 3 is 2.37 bits per heavy atom. The first kappa shape index (κ1) is 21.8. The zero-order chi connectivity index (χ0) is 21.9. The molecule has 0 aliphatic heterocycles. The van der Waals surface area contributed by atoms with Crippen LogP contribution in [0.2, 0.25) is 0 Å². The molecular weight excluding hydrogens is 420 g/mol. The first-order valence-electron chi connectivity index (χ1n) is 8.83. The second-order valence-electron chi connectivity index (χ2n) is 6.52. The number of hydrogen-bond acceptors (Lipinski definition) is 7. The fourth-order valence-corrected chi connectivity index (χ4v) is 2.94. The molecule has 0 saturated carbocycles. The summed E-state index contributed by atoms with van der Waals surface area (Å²) >= 11 is 1.36. The van der Waals surface area contributed by atoms with E-state index < -0.39 is 17.7 Å². The summed E-state index contributed by atoms with van der Waals surface area (Å²) in [7, 11) is 0. The predicted molar refractivity (Wildman–Crippen MR) is 108 cm³/mol. The number of pyridine rings is 1. The van der Waals surface area contributed by atoms with Crippen LogP contribution in [0.4, 0.5) is 35.1 Å². The van der Waals surface area contributed by atoms with Crippen molar-refractivity contribution in [3.05, 3.63) is 47.9 Å². The normalized spacial score (nSPS) is 11.6. The molecule has 3 aromatic rings. The maximum absolute atomic E-state index is 13.8.